The zero-order chi connectivity index (χ0) is 15.5. The summed E-state index contributed by atoms with van der Waals surface area (Å²) in [5.41, 5.74) is 2.31. The van der Waals surface area contributed by atoms with Crippen LogP contribution >= 0.6 is 24.8 Å². The van der Waals surface area contributed by atoms with Crippen molar-refractivity contribution >= 4 is 30.7 Å². The molecule has 24 heavy (non-hydrogen) atoms. The van der Waals surface area contributed by atoms with Gasteiger partial charge in [-0.2, -0.15) is 0 Å². The van der Waals surface area contributed by atoms with E-state index in [0.717, 1.165) is 17.7 Å². The van der Waals surface area contributed by atoms with Crippen LogP contribution in [-0.2, 0) is 0 Å². The Kier molecular flexibility index (Phi) is 7.60. The zero-order valence-electron chi connectivity index (χ0n) is 13.2. The Morgan fingerprint density at radius 1 is 1.33 bits per heavy atom. The minimum atomic E-state index is -0.284. The van der Waals surface area contributed by atoms with E-state index < -0.39 is 0 Å². The van der Waals surface area contributed by atoms with Crippen molar-refractivity contribution in [3.8, 4) is 0 Å². The highest BCUT2D eigenvalue weighted by atomic mass is 35.5. The number of hydrogen-bond donors (Lipinski definition) is 1. The second-order valence-corrected chi connectivity index (χ2v) is 5.46. The Bertz CT molecular complexity index is 699. The summed E-state index contributed by atoms with van der Waals surface area (Å²) in [6.07, 6.45) is 3.27. The Labute approximate surface area is 153 Å². The van der Waals surface area contributed by atoms with Crippen LogP contribution in [0.3, 0.4) is 0 Å². The van der Waals surface area contributed by atoms with Gasteiger partial charge in [0.1, 0.15) is 5.82 Å². The lowest BCUT2D eigenvalue weighted by Gasteiger charge is -2.36. The van der Waals surface area contributed by atoms with E-state index in [2.05, 4.69) is 10.3 Å². The summed E-state index contributed by atoms with van der Waals surface area (Å²) in [6.45, 7) is 3.84. The van der Waals surface area contributed by atoms with Crippen molar-refractivity contribution in [3.63, 3.8) is 0 Å². The second kappa shape index (κ2) is 8.97. The van der Waals surface area contributed by atoms with Crippen LogP contribution in [0.2, 0.25) is 0 Å². The fourth-order valence-electron chi connectivity index (χ4n) is 2.80. The molecule has 0 aliphatic carbocycles. The van der Waals surface area contributed by atoms with Crippen molar-refractivity contribution in [2.24, 2.45) is 0 Å². The first-order chi connectivity index (χ1) is 10.7. The number of pyridine rings is 1. The molecule has 0 radical (unpaired) electrons. The zero-order valence-corrected chi connectivity index (χ0v) is 14.9. The standard InChI is InChI=1S/C17H18FN3O.2ClH/c1-12-5-6-19-10-15(12)17(22)21-8-7-20-11-16(21)13-3-2-4-14(18)9-13;;/h2-6,9-10,16,20H,7-8,11H2,1H3;2*1H. The lowest BCUT2D eigenvalue weighted by Crippen LogP contribution is -2.48. The topological polar surface area (TPSA) is 45.2 Å². The van der Waals surface area contributed by atoms with Crippen LogP contribution in [-0.4, -0.2) is 35.4 Å². The average molecular weight is 372 g/mol. The second-order valence-electron chi connectivity index (χ2n) is 5.46. The number of carbonyl (C=O) groups excluding carboxylic acids is 1. The molecule has 0 saturated carbocycles. The van der Waals surface area contributed by atoms with E-state index in [1.54, 1.807) is 23.4 Å². The Balaban J connectivity index is 0.00000144. The number of carbonyl (C=O) groups is 1. The van der Waals surface area contributed by atoms with Crippen LogP contribution in [0.25, 0.3) is 0 Å². The van der Waals surface area contributed by atoms with E-state index in [0.29, 0.717) is 18.7 Å². The number of aryl methyl sites for hydroxylation is 1. The van der Waals surface area contributed by atoms with Crippen LogP contribution in [0.15, 0.2) is 42.7 Å². The van der Waals surface area contributed by atoms with Gasteiger partial charge in [0.2, 0.25) is 0 Å². The quantitative estimate of drug-likeness (QED) is 0.881. The maximum Gasteiger partial charge on any atom is 0.256 e. The smallest absolute Gasteiger partial charge is 0.256 e. The highest BCUT2D eigenvalue weighted by Gasteiger charge is 2.29. The molecule has 1 amide bonds. The molecule has 2 heterocycles. The first-order valence-electron chi connectivity index (χ1n) is 7.34. The molecule has 7 heteroatoms. The number of benzene rings is 1. The van der Waals surface area contributed by atoms with E-state index in [1.165, 1.54) is 12.1 Å². The monoisotopic (exact) mass is 371 g/mol. The van der Waals surface area contributed by atoms with Crippen LogP contribution < -0.4 is 5.32 Å². The van der Waals surface area contributed by atoms with Crippen molar-refractivity contribution in [2.45, 2.75) is 13.0 Å². The molecule has 130 valence electrons. The van der Waals surface area contributed by atoms with Crippen molar-refractivity contribution < 1.29 is 9.18 Å². The van der Waals surface area contributed by atoms with Gasteiger partial charge in [-0.15, -0.1) is 24.8 Å². The Hall–Kier alpha value is -1.69. The van der Waals surface area contributed by atoms with Crippen LogP contribution in [0.5, 0.6) is 0 Å². The van der Waals surface area contributed by atoms with E-state index in [4.69, 9.17) is 0 Å². The van der Waals surface area contributed by atoms with Crippen molar-refractivity contribution in [3.05, 3.63) is 65.2 Å². The van der Waals surface area contributed by atoms with Gasteiger partial charge in [0.15, 0.2) is 0 Å². The molecule has 1 saturated heterocycles. The summed E-state index contributed by atoms with van der Waals surface area (Å²) in [4.78, 5) is 18.7. The number of halogens is 3. The van der Waals surface area contributed by atoms with Crippen LogP contribution in [0.1, 0.15) is 27.5 Å². The maximum absolute atomic E-state index is 13.5. The SMILES string of the molecule is Cc1ccncc1C(=O)N1CCNCC1c1cccc(F)c1.Cl.Cl. The Morgan fingerprint density at radius 2 is 2.12 bits per heavy atom. The third kappa shape index (κ3) is 4.23. The molecule has 1 aromatic heterocycles. The van der Waals surface area contributed by atoms with Crippen molar-refractivity contribution in [1.29, 1.82) is 0 Å². The average Bonchev–Trinajstić information content (AvgIpc) is 2.55. The van der Waals surface area contributed by atoms with Gasteiger partial charge >= 0.3 is 0 Å². The maximum atomic E-state index is 13.5. The molecule has 0 bridgehead atoms. The number of piperazine rings is 1. The first-order valence-corrected chi connectivity index (χ1v) is 7.34. The number of amides is 1. The molecule has 1 atom stereocenters. The van der Waals surface area contributed by atoms with E-state index in [-0.39, 0.29) is 42.6 Å². The molecule has 0 spiro atoms. The van der Waals surface area contributed by atoms with Gasteiger partial charge in [-0.25, -0.2) is 4.39 Å². The van der Waals surface area contributed by atoms with E-state index in [1.807, 2.05) is 19.1 Å². The molecule has 1 aliphatic heterocycles. The van der Waals surface area contributed by atoms with Gasteiger partial charge in [-0.1, -0.05) is 12.1 Å². The summed E-state index contributed by atoms with van der Waals surface area (Å²) in [7, 11) is 0. The van der Waals surface area contributed by atoms with Gasteiger partial charge < -0.3 is 10.2 Å². The fourth-order valence-corrected chi connectivity index (χ4v) is 2.80. The van der Waals surface area contributed by atoms with Crippen LogP contribution in [0.4, 0.5) is 4.39 Å². The molecule has 3 rings (SSSR count). The van der Waals surface area contributed by atoms with Gasteiger partial charge in [0, 0.05) is 32.0 Å². The minimum Gasteiger partial charge on any atom is -0.329 e. The number of nitrogens with one attached hydrogen (secondary N) is 1. The molecule has 1 unspecified atom stereocenters. The van der Waals surface area contributed by atoms with Gasteiger partial charge in [0.25, 0.3) is 5.91 Å². The normalized spacial score (nSPS) is 16.8. The molecular formula is C17H20Cl2FN3O. The molecular weight excluding hydrogens is 352 g/mol. The highest BCUT2D eigenvalue weighted by molar-refractivity contribution is 5.95. The van der Waals surface area contributed by atoms with E-state index >= 15 is 0 Å². The minimum absolute atomic E-state index is 0. The fraction of sp³-hybridized carbons (Fsp3) is 0.294. The van der Waals surface area contributed by atoms with Crippen molar-refractivity contribution in [2.75, 3.05) is 19.6 Å². The van der Waals surface area contributed by atoms with Crippen LogP contribution in [0, 0.1) is 12.7 Å². The first kappa shape index (κ1) is 20.4. The lowest BCUT2D eigenvalue weighted by atomic mass is 10.0. The molecule has 1 aromatic carbocycles. The summed E-state index contributed by atoms with van der Waals surface area (Å²) in [6, 6.07) is 8.10. The number of nitrogens with zero attached hydrogens (tertiary/aromatic N) is 2. The molecule has 4 nitrogen and oxygen atoms in total. The molecule has 1 fully saturated rings. The molecule has 1 aliphatic rings. The van der Waals surface area contributed by atoms with Gasteiger partial charge in [-0.05, 0) is 36.2 Å². The van der Waals surface area contributed by atoms with Gasteiger partial charge in [-0.3, -0.25) is 9.78 Å². The number of aromatic nitrogens is 1. The summed E-state index contributed by atoms with van der Waals surface area (Å²) < 4.78 is 13.5. The largest absolute Gasteiger partial charge is 0.329 e. The lowest BCUT2D eigenvalue weighted by molar-refractivity contribution is 0.0632. The highest BCUT2D eigenvalue weighted by Crippen LogP contribution is 2.25. The third-order valence-corrected chi connectivity index (χ3v) is 4.01. The summed E-state index contributed by atoms with van der Waals surface area (Å²) in [5, 5.41) is 3.27. The number of hydrogen-bond acceptors (Lipinski definition) is 3. The number of rotatable bonds is 2. The Morgan fingerprint density at radius 3 is 2.83 bits per heavy atom. The predicted octanol–water partition coefficient (Wildman–Crippen LogP) is 3.16. The third-order valence-electron chi connectivity index (χ3n) is 4.01. The molecule has 2 aromatic rings. The predicted molar refractivity (Wildman–Crippen MR) is 96.5 cm³/mol. The van der Waals surface area contributed by atoms with E-state index in [9.17, 15) is 9.18 Å². The summed E-state index contributed by atoms with van der Waals surface area (Å²) in [5.74, 6) is -0.339. The summed E-state index contributed by atoms with van der Waals surface area (Å²) >= 11 is 0. The van der Waals surface area contributed by atoms with Gasteiger partial charge in [0.05, 0.1) is 11.6 Å². The van der Waals surface area contributed by atoms with Crippen molar-refractivity contribution in [1.82, 2.24) is 15.2 Å². The molecule has 1 N–H and O–H groups in total.